The van der Waals surface area contributed by atoms with E-state index in [1.165, 1.54) is 6.42 Å². The van der Waals surface area contributed by atoms with Crippen molar-refractivity contribution in [1.29, 1.82) is 0 Å². The Kier molecular flexibility index (Phi) is 6.76. The Bertz CT molecular complexity index is 291. The minimum Gasteiger partial charge on any atom is -0.378 e. The molecule has 2 rings (SSSR count). The van der Waals surface area contributed by atoms with Crippen LogP contribution in [0.25, 0.3) is 0 Å². The molecule has 2 atom stereocenters. The van der Waals surface area contributed by atoms with Crippen LogP contribution >= 0.6 is 0 Å². The number of nitrogens with zero attached hydrogens (tertiary/aromatic N) is 1. The number of carbonyl (C=O) groups is 1. The number of piperidine rings is 1. The molecular weight excluding hydrogens is 256 g/mol. The normalized spacial score (nSPS) is 26.9. The van der Waals surface area contributed by atoms with Crippen molar-refractivity contribution in [2.45, 2.75) is 38.2 Å². The summed E-state index contributed by atoms with van der Waals surface area (Å²) in [5.41, 5.74) is 0. The lowest BCUT2D eigenvalue weighted by Crippen LogP contribution is -2.42. The molecule has 2 unspecified atom stereocenters. The van der Waals surface area contributed by atoms with Gasteiger partial charge in [0.15, 0.2) is 0 Å². The fourth-order valence-electron chi connectivity index (χ4n) is 3.06. The lowest BCUT2D eigenvalue weighted by Gasteiger charge is -2.32. The summed E-state index contributed by atoms with van der Waals surface area (Å²) in [6.45, 7) is 4.81. The maximum Gasteiger partial charge on any atom is 0.224 e. The topological polar surface area (TPSA) is 50.8 Å². The van der Waals surface area contributed by atoms with Gasteiger partial charge in [-0.15, -0.1) is 0 Å². The van der Waals surface area contributed by atoms with Gasteiger partial charge in [0, 0.05) is 19.7 Å². The fourth-order valence-corrected chi connectivity index (χ4v) is 3.06. The Balaban J connectivity index is 1.58. The summed E-state index contributed by atoms with van der Waals surface area (Å²) < 4.78 is 11.1. The van der Waals surface area contributed by atoms with Crippen LogP contribution in [0.4, 0.5) is 0 Å². The van der Waals surface area contributed by atoms with E-state index in [-0.39, 0.29) is 12.0 Å². The van der Waals surface area contributed by atoms with Gasteiger partial charge in [0.25, 0.3) is 0 Å². The third kappa shape index (κ3) is 5.04. The van der Waals surface area contributed by atoms with Crippen LogP contribution in [0.3, 0.4) is 0 Å². The van der Waals surface area contributed by atoms with Gasteiger partial charge >= 0.3 is 0 Å². The highest BCUT2D eigenvalue weighted by Crippen LogP contribution is 2.16. The van der Waals surface area contributed by atoms with E-state index in [9.17, 15) is 4.79 Å². The molecule has 2 heterocycles. The summed E-state index contributed by atoms with van der Waals surface area (Å²) in [6, 6.07) is 0. The van der Waals surface area contributed by atoms with E-state index in [0.717, 1.165) is 45.5 Å². The molecule has 0 aliphatic carbocycles. The van der Waals surface area contributed by atoms with Gasteiger partial charge in [-0.05, 0) is 45.2 Å². The van der Waals surface area contributed by atoms with Crippen molar-refractivity contribution in [2.75, 3.05) is 46.5 Å². The smallest absolute Gasteiger partial charge is 0.224 e. The second-order valence-corrected chi connectivity index (χ2v) is 5.87. The highest BCUT2D eigenvalue weighted by atomic mass is 16.5. The van der Waals surface area contributed by atoms with Gasteiger partial charge in [-0.3, -0.25) is 4.79 Å². The first kappa shape index (κ1) is 15.7. The van der Waals surface area contributed by atoms with Gasteiger partial charge in [0.1, 0.15) is 0 Å². The van der Waals surface area contributed by atoms with E-state index >= 15 is 0 Å². The lowest BCUT2D eigenvalue weighted by atomic mass is 9.98. The zero-order valence-corrected chi connectivity index (χ0v) is 12.6. The summed E-state index contributed by atoms with van der Waals surface area (Å²) in [6.07, 6.45) is 5.31. The third-order valence-electron chi connectivity index (χ3n) is 4.15. The van der Waals surface area contributed by atoms with E-state index < -0.39 is 0 Å². The zero-order valence-electron chi connectivity index (χ0n) is 12.6. The number of rotatable bonds is 7. The number of hydrogen-bond acceptors (Lipinski definition) is 4. The minimum atomic E-state index is 0.234. The predicted octanol–water partition coefficient (Wildman–Crippen LogP) is 1.03. The first-order chi connectivity index (χ1) is 9.79. The second-order valence-electron chi connectivity index (χ2n) is 5.87. The Labute approximate surface area is 122 Å². The van der Waals surface area contributed by atoms with Crippen molar-refractivity contribution in [3.63, 3.8) is 0 Å². The number of hydrogen-bond donors (Lipinski definition) is 1. The molecule has 0 radical (unpaired) electrons. The molecule has 0 spiro atoms. The van der Waals surface area contributed by atoms with Crippen molar-refractivity contribution in [3.8, 4) is 0 Å². The molecule has 2 aliphatic heterocycles. The largest absolute Gasteiger partial charge is 0.378 e. The first-order valence-corrected chi connectivity index (χ1v) is 7.91. The van der Waals surface area contributed by atoms with Crippen molar-refractivity contribution in [3.05, 3.63) is 0 Å². The SMILES string of the molecule is CNCC1CCCN(C(=O)CCOCC2CCCO2)C1. The van der Waals surface area contributed by atoms with E-state index in [0.29, 0.717) is 25.6 Å². The van der Waals surface area contributed by atoms with E-state index in [1.54, 1.807) is 0 Å². The molecule has 1 N–H and O–H groups in total. The molecule has 0 aromatic heterocycles. The highest BCUT2D eigenvalue weighted by molar-refractivity contribution is 5.76. The predicted molar refractivity (Wildman–Crippen MR) is 77.6 cm³/mol. The average molecular weight is 284 g/mol. The molecule has 2 fully saturated rings. The highest BCUT2D eigenvalue weighted by Gasteiger charge is 2.23. The van der Waals surface area contributed by atoms with E-state index in [1.807, 2.05) is 11.9 Å². The van der Waals surface area contributed by atoms with Crippen LogP contribution in [0.5, 0.6) is 0 Å². The van der Waals surface area contributed by atoms with Crippen molar-refractivity contribution < 1.29 is 14.3 Å². The maximum absolute atomic E-state index is 12.1. The number of carbonyl (C=O) groups excluding carboxylic acids is 1. The number of likely N-dealkylation sites (tertiary alicyclic amines) is 1. The molecule has 5 heteroatoms. The molecule has 2 aliphatic rings. The van der Waals surface area contributed by atoms with Gasteiger partial charge in [-0.1, -0.05) is 0 Å². The molecule has 116 valence electrons. The Morgan fingerprint density at radius 3 is 3.05 bits per heavy atom. The Morgan fingerprint density at radius 1 is 1.40 bits per heavy atom. The van der Waals surface area contributed by atoms with Gasteiger partial charge in [0.2, 0.25) is 5.91 Å². The van der Waals surface area contributed by atoms with Crippen LogP contribution in [-0.4, -0.2) is 63.4 Å². The van der Waals surface area contributed by atoms with Crippen LogP contribution < -0.4 is 5.32 Å². The molecule has 0 saturated carbocycles. The summed E-state index contributed by atoms with van der Waals surface area (Å²) >= 11 is 0. The summed E-state index contributed by atoms with van der Waals surface area (Å²) in [7, 11) is 1.97. The summed E-state index contributed by atoms with van der Waals surface area (Å²) in [5, 5.41) is 3.20. The van der Waals surface area contributed by atoms with Crippen molar-refractivity contribution in [2.24, 2.45) is 5.92 Å². The zero-order chi connectivity index (χ0) is 14.2. The lowest BCUT2D eigenvalue weighted by molar-refractivity contribution is -0.134. The number of nitrogens with one attached hydrogen (secondary N) is 1. The molecule has 0 aromatic rings. The summed E-state index contributed by atoms with van der Waals surface area (Å²) in [5.74, 6) is 0.837. The molecule has 2 saturated heterocycles. The van der Waals surface area contributed by atoms with Gasteiger partial charge in [-0.25, -0.2) is 0 Å². The minimum absolute atomic E-state index is 0.234. The van der Waals surface area contributed by atoms with Crippen molar-refractivity contribution in [1.82, 2.24) is 10.2 Å². The van der Waals surface area contributed by atoms with Gasteiger partial charge in [0.05, 0.1) is 25.7 Å². The molecular formula is C15H28N2O3. The quantitative estimate of drug-likeness (QED) is 0.710. The Hall–Kier alpha value is -0.650. The van der Waals surface area contributed by atoms with Gasteiger partial charge in [-0.2, -0.15) is 0 Å². The number of amides is 1. The standard InChI is InChI=1S/C15H28N2O3/c1-16-10-13-4-2-7-17(11-13)15(18)6-9-19-12-14-5-3-8-20-14/h13-14,16H,2-12H2,1H3. The molecule has 1 amide bonds. The molecule has 0 aromatic carbocycles. The molecule has 20 heavy (non-hydrogen) atoms. The van der Waals surface area contributed by atoms with Crippen LogP contribution in [0.2, 0.25) is 0 Å². The van der Waals surface area contributed by atoms with Crippen LogP contribution in [-0.2, 0) is 14.3 Å². The third-order valence-corrected chi connectivity index (χ3v) is 4.15. The second kappa shape index (κ2) is 8.60. The average Bonchev–Trinajstić information content (AvgIpc) is 2.97. The van der Waals surface area contributed by atoms with Crippen LogP contribution in [0.15, 0.2) is 0 Å². The van der Waals surface area contributed by atoms with E-state index in [4.69, 9.17) is 9.47 Å². The van der Waals surface area contributed by atoms with Crippen LogP contribution in [0.1, 0.15) is 32.1 Å². The fraction of sp³-hybridized carbons (Fsp3) is 0.933. The molecule has 5 nitrogen and oxygen atoms in total. The summed E-state index contributed by atoms with van der Waals surface area (Å²) in [4.78, 5) is 14.1. The monoisotopic (exact) mass is 284 g/mol. The van der Waals surface area contributed by atoms with Gasteiger partial charge < -0.3 is 19.7 Å². The van der Waals surface area contributed by atoms with Crippen LogP contribution in [0, 0.1) is 5.92 Å². The molecule has 0 bridgehead atoms. The first-order valence-electron chi connectivity index (χ1n) is 7.91. The Morgan fingerprint density at radius 2 is 2.30 bits per heavy atom. The van der Waals surface area contributed by atoms with Crippen molar-refractivity contribution >= 4 is 5.91 Å². The number of ether oxygens (including phenoxy) is 2. The maximum atomic E-state index is 12.1. The van der Waals surface area contributed by atoms with E-state index in [2.05, 4.69) is 5.32 Å².